The lowest BCUT2D eigenvalue weighted by Gasteiger charge is -2.24. The van der Waals surface area contributed by atoms with Gasteiger partial charge in [0.2, 0.25) is 12.7 Å². The molecule has 0 aliphatic carbocycles. The first-order chi connectivity index (χ1) is 13.1. The maximum absolute atomic E-state index is 12.7. The Morgan fingerprint density at radius 1 is 1.00 bits per heavy atom. The molecule has 0 bridgehead atoms. The van der Waals surface area contributed by atoms with E-state index in [1.54, 1.807) is 0 Å². The molecule has 2 saturated heterocycles. The SMILES string of the molecule is O=C(c1ccccc1)N1CCC2(CC(=O)N(c3ccc4c(c3)OCO4)C2)C1. The number of carbonyl (C=O) groups is 2. The van der Waals surface area contributed by atoms with Crippen LogP contribution in [0.4, 0.5) is 5.69 Å². The molecule has 2 fully saturated rings. The molecule has 6 heteroatoms. The number of hydrogen-bond donors (Lipinski definition) is 0. The number of ether oxygens (including phenoxy) is 2. The molecule has 0 N–H and O–H groups in total. The Kier molecular flexibility index (Phi) is 3.60. The van der Waals surface area contributed by atoms with Crippen molar-refractivity contribution < 1.29 is 19.1 Å². The van der Waals surface area contributed by atoms with E-state index >= 15 is 0 Å². The van der Waals surface area contributed by atoms with Gasteiger partial charge < -0.3 is 19.3 Å². The number of likely N-dealkylation sites (tertiary alicyclic amines) is 1. The number of anilines is 1. The van der Waals surface area contributed by atoms with Gasteiger partial charge in [-0.3, -0.25) is 9.59 Å². The highest BCUT2D eigenvalue weighted by atomic mass is 16.7. The van der Waals surface area contributed by atoms with Gasteiger partial charge in [0, 0.05) is 48.8 Å². The van der Waals surface area contributed by atoms with E-state index in [-0.39, 0.29) is 24.0 Å². The maximum atomic E-state index is 12.7. The lowest BCUT2D eigenvalue weighted by molar-refractivity contribution is -0.117. The Bertz CT molecular complexity index is 914. The van der Waals surface area contributed by atoms with E-state index in [0.29, 0.717) is 43.1 Å². The zero-order valence-corrected chi connectivity index (χ0v) is 14.9. The number of fused-ring (bicyclic) bond motifs is 1. The molecule has 27 heavy (non-hydrogen) atoms. The highest BCUT2D eigenvalue weighted by Gasteiger charge is 2.49. The molecule has 1 spiro atoms. The fourth-order valence-corrected chi connectivity index (χ4v) is 4.33. The molecule has 5 rings (SSSR count). The zero-order chi connectivity index (χ0) is 18.4. The minimum Gasteiger partial charge on any atom is -0.454 e. The Morgan fingerprint density at radius 3 is 2.67 bits per heavy atom. The summed E-state index contributed by atoms with van der Waals surface area (Å²) in [5, 5.41) is 0. The summed E-state index contributed by atoms with van der Waals surface area (Å²) < 4.78 is 10.8. The Morgan fingerprint density at radius 2 is 1.81 bits per heavy atom. The van der Waals surface area contributed by atoms with Crippen LogP contribution in [0.15, 0.2) is 48.5 Å². The number of hydrogen-bond acceptors (Lipinski definition) is 4. The number of rotatable bonds is 2. The van der Waals surface area contributed by atoms with Crippen LogP contribution in [0, 0.1) is 5.41 Å². The first-order valence-corrected chi connectivity index (χ1v) is 9.18. The van der Waals surface area contributed by atoms with Crippen LogP contribution in [0.1, 0.15) is 23.2 Å². The average molecular weight is 364 g/mol. The van der Waals surface area contributed by atoms with E-state index in [2.05, 4.69) is 0 Å². The summed E-state index contributed by atoms with van der Waals surface area (Å²) >= 11 is 0. The molecule has 2 aromatic carbocycles. The zero-order valence-electron chi connectivity index (χ0n) is 14.9. The second-order valence-electron chi connectivity index (χ2n) is 7.54. The lowest BCUT2D eigenvalue weighted by atomic mass is 9.86. The van der Waals surface area contributed by atoms with E-state index in [4.69, 9.17) is 9.47 Å². The minimum atomic E-state index is -0.169. The number of carbonyl (C=O) groups excluding carboxylic acids is 2. The Balaban J connectivity index is 1.34. The van der Waals surface area contributed by atoms with Gasteiger partial charge in [-0.15, -0.1) is 0 Å². The van der Waals surface area contributed by atoms with E-state index in [1.165, 1.54) is 0 Å². The highest BCUT2D eigenvalue weighted by molar-refractivity contribution is 5.98. The quantitative estimate of drug-likeness (QED) is 0.822. The topological polar surface area (TPSA) is 59.1 Å². The van der Waals surface area contributed by atoms with Crippen molar-refractivity contribution in [2.75, 3.05) is 31.3 Å². The predicted molar refractivity (Wildman–Crippen MR) is 98.9 cm³/mol. The minimum absolute atomic E-state index is 0.0430. The number of nitrogens with zero attached hydrogens (tertiary/aromatic N) is 2. The van der Waals surface area contributed by atoms with Crippen molar-refractivity contribution in [1.82, 2.24) is 4.90 Å². The molecule has 2 amide bonds. The molecule has 3 aliphatic rings. The molecule has 3 heterocycles. The largest absolute Gasteiger partial charge is 0.454 e. The molecule has 1 unspecified atom stereocenters. The normalized spacial score (nSPS) is 23.5. The van der Waals surface area contributed by atoms with Gasteiger partial charge in [0.05, 0.1) is 0 Å². The summed E-state index contributed by atoms with van der Waals surface area (Å²) in [6, 6.07) is 14.9. The molecule has 138 valence electrons. The second kappa shape index (κ2) is 6.01. The summed E-state index contributed by atoms with van der Waals surface area (Å²) in [6.07, 6.45) is 1.32. The van der Waals surface area contributed by atoms with Crippen LogP contribution >= 0.6 is 0 Å². The van der Waals surface area contributed by atoms with Crippen molar-refractivity contribution in [1.29, 1.82) is 0 Å². The fourth-order valence-electron chi connectivity index (χ4n) is 4.33. The fraction of sp³-hybridized carbons (Fsp3) is 0.333. The van der Waals surface area contributed by atoms with Crippen LogP contribution in [-0.4, -0.2) is 43.1 Å². The first kappa shape index (κ1) is 16.2. The molecular weight excluding hydrogens is 344 g/mol. The van der Waals surface area contributed by atoms with Crippen LogP contribution in [0.2, 0.25) is 0 Å². The van der Waals surface area contributed by atoms with E-state index < -0.39 is 0 Å². The molecular formula is C21H20N2O4. The number of amides is 2. The van der Waals surface area contributed by atoms with E-state index in [9.17, 15) is 9.59 Å². The molecule has 0 aromatic heterocycles. The van der Waals surface area contributed by atoms with Crippen LogP contribution < -0.4 is 14.4 Å². The third-order valence-corrected chi connectivity index (χ3v) is 5.73. The monoisotopic (exact) mass is 364 g/mol. The van der Waals surface area contributed by atoms with Crippen molar-refractivity contribution in [3.05, 3.63) is 54.1 Å². The molecule has 3 aliphatic heterocycles. The van der Waals surface area contributed by atoms with E-state index in [1.807, 2.05) is 58.3 Å². The summed E-state index contributed by atoms with van der Waals surface area (Å²) in [5.74, 6) is 1.53. The Labute approximate surface area is 157 Å². The van der Waals surface area contributed by atoms with Gasteiger partial charge in [-0.1, -0.05) is 18.2 Å². The van der Waals surface area contributed by atoms with Gasteiger partial charge >= 0.3 is 0 Å². The van der Waals surface area contributed by atoms with Gasteiger partial charge in [0.1, 0.15) is 0 Å². The van der Waals surface area contributed by atoms with Crippen LogP contribution in [0.5, 0.6) is 11.5 Å². The van der Waals surface area contributed by atoms with Crippen molar-refractivity contribution in [3.8, 4) is 11.5 Å². The standard InChI is InChI=1S/C21H20N2O4/c24-19-11-21(8-9-22(12-21)20(25)15-4-2-1-3-5-15)13-23(19)16-6-7-17-18(10-16)27-14-26-17/h1-7,10H,8-9,11-14H2. The van der Waals surface area contributed by atoms with Gasteiger partial charge in [0.15, 0.2) is 11.5 Å². The predicted octanol–water partition coefficient (Wildman–Crippen LogP) is 2.68. The van der Waals surface area contributed by atoms with Crippen molar-refractivity contribution in [2.45, 2.75) is 12.8 Å². The van der Waals surface area contributed by atoms with Gasteiger partial charge in [-0.25, -0.2) is 0 Å². The molecule has 2 aromatic rings. The molecule has 6 nitrogen and oxygen atoms in total. The van der Waals surface area contributed by atoms with Crippen molar-refractivity contribution >= 4 is 17.5 Å². The van der Waals surface area contributed by atoms with Gasteiger partial charge in [-0.2, -0.15) is 0 Å². The van der Waals surface area contributed by atoms with Gasteiger partial charge in [-0.05, 0) is 30.7 Å². The lowest BCUT2D eigenvalue weighted by Crippen LogP contribution is -2.34. The van der Waals surface area contributed by atoms with Gasteiger partial charge in [0.25, 0.3) is 5.91 Å². The third kappa shape index (κ3) is 2.72. The van der Waals surface area contributed by atoms with Crippen molar-refractivity contribution in [3.63, 3.8) is 0 Å². The summed E-state index contributed by atoms with van der Waals surface area (Å²) in [4.78, 5) is 29.2. The summed E-state index contributed by atoms with van der Waals surface area (Å²) in [6.45, 7) is 2.15. The molecule has 0 radical (unpaired) electrons. The number of benzene rings is 2. The maximum Gasteiger partial charge on any atom is 0.253 e. The first-order valence-electron chi connectivity index (χ1n) is 9.18. The van der Waals surface area contributed by atoms with Crippen molar-refractivity contribution in [2.24, 2.45) is 5.41 Å². The highest BCUT2D eigenvalue weighted by Crippen LogP contribution is 2.44. The molecule has 1 atom stereocenters. The molecule has 0 saturated carbocycles. The van der Waals surface area contributed by atoms with Crippen LogP contribution in [0.25, 0.3) is 0 Å². The smallest absolute Gasteiger partial charge is 0.253 e. The summed E-state index contributed by atoms with van der Waals surface area (Å²) in [5.41, 5.74) is 1.36. The Hall–Kier alpha value is -3.02. The van der Waals surface area contributed by atoms with Crippen LogP contribution in [-0.2, 0) is 4.79 Å². The average Bonchev–Trinajstić information content (AvgIpc) is 3.40. The summed E-state index contributed by atoms with van der Waals surface area (Å²) in [7, 11) is 0. The van der Waals surface area contributed by atoms with E-state index in [0.717, 1.165) is 12.1 Å². The third-order valence-electron chi connectivity index (χ3n) is 5.73. The second-order valence-corrected chi connectivity index (χ2v) is 7.54. The van der Waals surface area contributed by atoms with Crippen LogP contribution in [0.3, 0.4) is 0 Å².